The normalized spacial score (nSPS) is 11.8. The van der Waals surface area contributed by atoms with Crippen molar-refractivity contribution in [2.75, 3.05) is 0 Å². The molecule has 0 bridgehead atoms. The lowest BCUT2D eigenvalue weighted by Crippen LogP contribution is -2.01. The van der Waals surface area contributed by atoms with Crippen LogP contribution in [0.2, 0.25) is 0 Å². The number of aromatic nitrogens is 4. The summed E-state index contributed by atoms with van der Waals surface area (Å²) in [4.78, 5) is 9.61. The Morgan fingerprint density at radius 1 is 0.469 bits per heavy atom. The van der Waals surface area contributed by atoms with E-state index in [4.69, 9.17) is 9.97 Å². The predicted molar refractivity (Wildman–Crippen MR) is 131 cm³/mol. The second-order valence-corrected chi connectivity index (χ2v) is 7.95. The minimum atomic E-state index is 0.901. The highest BCUT2D eigenvalue weighted by atomic mass is 15.1. The number of benzene rings is 4. The molecule has 0 fully saturated rings. The van der Waals surface area contributed by atoms with Gasteiger partial charge in [-0.05, 0) is 30.3 Å². The number of nitrogens with zero attached hydrogens (tertiary/aromatic N) is 4. The third kappa shape index (κ3) is 2.26. The molecule has 0 aliphatic rings. The first-order valence-corrected chi connectivity index (χ1v) is 10.7. The van der Waals surface area contributed by atoms with Gasteiger partial charge in [-0.3, -0.25) is 9.13 Å². The van der Waals surface area contributed by atoms with Crippen LogP contribution in [-0.2, 0) is 0 Å². The Kier molecular flexibility index (Phi) is 3.52. The van der Waals surface area contributed by atoms with E-state index >= 15 is 0 Å². The Balaban J connectivity index is 1.70. The number of hydrogen-bond donors (Lipinski definition) is 0. The quantitative estimate of drug-likeness (QED) is 0.319. The molecule has 3 heterocycles. The van der Waals surface area contributed by atoms with Crippen molar-refractivity contribution in [2.24, 2.45) is 0 Å². The van der Waals surface area contributed by atoms with Crippen LogP contribution >= 0.6 is 0 Å². The highest BCUT2D eigenvalue weighted by Crippen LogP contribution is 2.37. The predicted octanol–water partition coefficient (Wildman–Crippen LogP) is 6.67. The molecule has 0 radical (unpaired) electrons. The summed E-state index contributed by atoms with van der Waals surface area (Å²) in [5.74, 6) is 0.901. The topological polar surface area (TPSA) is 35.6 Å². The summed E-state index contributed by atoms with van der Waals surface area (Å²) in [5, 5.41) is 4.64. The minimum Gasteiger partial charge on any atom is -0.294 e. The van der Waals surface area contributed by atoms with Gasteiger partial charge in [0.15, 0.2) is 11.5 Å². The molecule has 7 rings (SSSR count). The van der Waals surface area contributed by atoms with E-state index in [1.807, 2.05) is 6.07 Å². The van der Waals surface area contributed by atoms with E-state index in [0.717, 1.165) is 44.5 Å². The van der Waals surface area contributed by atoms with Crippen LogP contribution in [0.25, 0.3) is 55.2 Å². The van der Waals surface area contributed by atoms with Crippen LogP contribution in [0.1, 0.15) is 0 Å². The fraction of sp³-hybridized carbons (Fsp3) is 0. The summed E-state index contributed by atoms with van der Waals surface area (Å²) in [6.45, 7) is 0. The van der Waals surface area contributed by atoms with Crippen LogP contribution in [0, 0.1) is 0 Å². The van der Waals surface area contributed by atoms with Crippen molar-refractivity contribution in [3.63, 3.8) is 0 Å². The van der Waals surface area contributed by atoms with Crippen LogP contribution in [0.4, 0.5) is 0 Å². The van der Waals surface area contributed by atoms with E-state index in [1.54, 1.807) is 6.33 Å². The molecule has 0 aliphatic heterocycles. The lowest BCUT2D eigenvalue weighted by molar-refractivity contribution is 1.05. The molecular weight excluding hydrogens is 392 g/mol. The maximum absolute atomic E-state index is 4.85. The zero-order valence-corrected chi connectivity index (χ0v) is 17.2. The van der Waals surface area contributed by atoms with Gasteiger partial charge in [0.05, 0.1) is 21.9 Å². The van der Waals surface area contributed by atoms with Gasteiger partial charge in [-0.2, -0.15) is 0 Å². The average molecular weight is 410 g/mol. The fourth-order valence-electron chi connectivity index (χ4n) is 4.93. The monoisotopic (exact) mass is 410 g/mol. The van der Waals surface area contributed by atoms with E-state index in [-0.39, 0.29) is 0 Å². The van der Waals surface area contributed by atoms with Gasteiger partial charge in [0.2, 0.25) is 0 Å². The maximum Gasteiger partial charge on any atom is 0.151 e. The zero-order valence-electron chi connectivity index (χ0n) is 17.2. The molecule has 150 valence electrons. The number of hydrogen-bond acceptors (Lipinski definition) is 2. The van der Waals surface area contributed by atoms with Crippen LogP contribution in [0.5, 0.6) is 0 Å². The van der Waals surface area contributed by atoms with Crippen LogP contribution < -0.4 is 0 Å². The Morgan fingerprint density at radius 2 is 1.00 bits per heavy atom. The summed E-state index contributed by atoms with van der Waals surface area (Å²) in [5.41, 5.74) is 5.40. The molecule has 0 spiro atoms. The third-order valence-corrected chi connectivity index (χ3v) is 6.24. The molecule has 4 aromatic carbocycles. The molecule has 0 atom stereocenters. The number of para-hydroxylation sites is 4. The van der Waals surface area contributed by atoms with Gasteiger partial charge in [0.1, 0.15) is 6.33 Å². The fourth-order valence-corrected chi connectivity index (χ4v) is 4.93. The molecule has 0 unspecified atom stereocenters. The van der Waals surface area contributed by atoms with E-state index in [2.05, 4.69) is 106 Å². The van der Waals surface area contributed by atoms with Crippen LogP contribution in [-0.4, -0.2) is 19.1 Å². The Hall–Kier alpha value is -4.44. The van der Waals surface area contributed by atoms with E-state index in [9.17, 15) is 0 Å². The highest BCUT2D eigenvalue weighted by molar-refractivity contribution is 6.14. The Bertz CT molecular complexity index is 1720. The zero-order chi connectivity index (χ0) is 21.1. The second kappa shape index (κ2) is 6.53. The third-order valence-electron chi connectivity index (χ3n) is 6.24. The van der Waals surface area contributed by atoms with Gasteiger partial charge in [0, 0.05) is 21.8 Å². The van der Waals surface area contributed by atoms with Gasteiger partial charge in [-0.1, -0.05) is 72.8 Å². The molecule has 4 nitrogen and oxygen atoms in total. The maximum atomic E-state index is 4.85. The summed E-state index contributed by atoms with van der Waals surface area (Å²) in [7, 11) is 0. The molecular formula is C28H18N4. The molecule has 0 saturated carbocycles. The second-order valence-electron chi connectivity index (χ2n) is 7.95. The molecule has 0 aliphatic carbocycles. The van der Waals surface area contributed by atoms with E-state index in [0.29, 0.717) is 0 Å². The van der Waals surface area contributed by atoms with Crippen molar-refractivity contribution < 1.29 is 0 Å². The molecule has 3 aromatic heterocycles. The molecule has 0 saturated heterocycles. The highest BCUT2D eigenvalue weighted by Gasteiger charge is 2.20. The summed E-state index contributed by atoms with van der Waals surface area (Å²) in [6, 6.07) is 35.9. The summed E-state index contributed by atoms with van der Waals surface area (Å²) < 4.78 is 4.50. The van der Waals surface area contributed by atoms with Gasteiger partial charge in [-0.25, -0.2) is 9.97 Å². The Labute approximate surface area is 184 Å². The van der Waals surface area contributed by atoms with Crippen molar-refractivity contribution in [1.82, 2.24) is 19.1 Å². The van der Waals surface area contributed by atoms with Crippen molar-refractivity contribution >= 4 is 43.7 Å². The van der Waals surface area contributed by atoms with E-state index < -0.39 is 0 Å². The van der Waals surface area contributed by atoms with Crippen LogP contribution in [0.3, 0.4) is 0 Å². The van der Waals surface area contributed by atoms with Gasteiger partial charge in [0.25, 0.3) is 0 Å². The van der Waals surface area contributed by atoms with Crippen LogP contribution in [0.15, 0.2) is 109 Å². The first-order valence-electron chi connectivity index (χ1n) is 10.7. The average Bonchev–Trinajstić information content (AvgIpc) is 3.38. The van der Waals surface area contributed by atoms with Crippen molar-refractivity contribution in [1.29, 1.82) is 0 Å². The molecule has 4 heteroatoms. The summed E-state index contributed by atoms with van der Waals surface area (Å²) in [6.07, 6.45) is 1.68. The summed E-state index contributed by atoms with van der Waals surface area (Å²) >= 11 is 0. The largest absolute Gasteiger partial charge is 0.294 e. The molecule has 0 N–H and O–H groups in total. The lowest BCUT2D eigenvalue weighted by Gasteiger charge is -2.09. The first kappa shape index (κ1) is 17.3. The van der Waals surface area contributed by atoms with E-state index in [1.165, 1.54) is 10.8 Å². The first-order chi connectivity index (χ1) is 15.9. The lowest BCUT2D eigenvalue weighted by atomic mass is 10.2. The molecule has 32 heavy (non-hydrogen) atoms. The van der Waals surface area contributed by atoms with Gasteiger partial charge in [-0.15, -0.1) is 0 Å². The number of rotatable bonds is 2. The molecule has 0 amide bonds. The minimum absolute atomic E-state index is 0.901. The van der Waals surface area contributed by atoms with Gasteiger partial charge >= 0.3 is 0 Å². The van der Waals surface area contributed by atoms with Gasteiger partial charge < -0.3 is 0 Å². The standard InChI is InChI=1S/C28H18N4/c1-2-10-19(11-3-1)31-25-17-9-6-14-22(25)26-27(31)29-18-30-28(26)32-23-15-7-4-12-20(23)21-13-5-8-16-24(21)32/h1-18H. The SMILES string of the molecule is c1ccc(-n2c3ccccc3c3c(-n4c5ccccc5c5ccccc54)ncnc32)cc1. The smallest absolute Gasteiger partial charge is 0.151 e. The molecule has 7 aromatic rings. The number of fused-ring (bicyclic) bond motifs is 6. The van der Waals surface area contributed by atoms with Crippen molar-refractivity contribution in [3.8, 4) is 11.5 Å². The van der Waals surface area contributed by atoms with Crippen molar-refractivity contribution in [3.05, 3.63) is 109 Å². The van der Waals surface area contributed by atoms with Crippen molar-refractivity contribution in [2.45, 2.75) is 0 Å². The Morgan fingerprint density at radius 3 is 1.66 bits per heavy atom.